The van der Waals surface area contributed by atoms with Crippen LogP contribution >= 0.6 is 0 Å². The van der Waals surface area contributed by atoms with Gasteiger partial charge in [0.1, 0.15) is 11.5 Å². The van der Waals surface area contributed by atoms with Crippen molar-refractivity contribution in [2.24, 2.45) is 0 Å². The van der Waals surface area contributed by atoms with E-state index in [9.17, 15) is 0 Å². The zero-order chi connectivity index (χ0) is 13.9. The summed E-state index contributed by atoms with van der Waals surface area (Å²) in [6, 6.07) is 13.9. The van der Waals surface area contributed by atoms with Crippen LogP contribution < -0.4 is 9.47 Å². The van der Waals surface area contributed by atoms with Crippen molar-refractivity contribution in [2.45, 2.75) is 6.54 Å². The zero-order valence-corrected chi connectivity index (χ0v) is 11.5. The van der Waals surface area contributed by atoms with Crippen molar-refractivity contribution in [1.29, 1.82) is 0 Å². The smallest absolute Gasteiger partial charge is 0.124 e. The van der Waals surface area contributed by atoms with Gasteiger partial charge in [-0.3, -0.25) is 0 Å². The molecule has 0 spiro atoms. The summed E-state index contributed by atoms with van der Waals surface area (Å²) in [6.07, 6.45) is 1.85. The highest BCUT2D eigenvalue weighted by Crippen LogP contribution is 2.25. The normalized spacial score (nSPS) is 10.7. The zero-order valence-electron chi connectivity index (χ0n) is 11.5. The molecule has 0 atom stereocenters. The molecule has 2 aromatic carbocycles. The van der Waals surface area contributed by atoms with Crippen LogP contribution in [0, 0.1) is 0 Å². The fourth-order valence-corrected chi connectivity index (χ4v) is 2.33. The van der Waals surface area contributed by atoms with Crippen molar-refractivity contribution in [3.8, 4) is 11.5 Å². The maximum absolute atomic E-state index is 5.42. The first-order valence-electron chi connectivity index (χ1n) is 6.42. The number of hydrogen-bond acceptors (Lipinski definition) is 3. The van der Waals surface area contributed by atoms with Gasteiger partial charge in [-0.15, -0.1) is 0 Å². The van der Waals surface area contributed by atoms with Crippen molar-refractivity contribution in [1.82, 2.24) is 9.55 Å². The average molecular weight is 268 g/mol. The van der Waals surface area contributed by atoms with E-state index in [2.05, 4.69) is 15.6 Å². The van der Waals surface area contributed by atoms with Crippen LogP contribution in [0.1, 0.15) is 5.56 Å². The highest BCUT2D eigenvalue weighted by molar-refractivity contribution is 5.75. The molecular weight excluding hydrogens is 252 g/mol. The molecule has 3 rings (SSSR count). The Morgan fingerprint density at radius 2 is 1.90 bits per heavy atom. The van der Waals surface area contributed by atoms with Gasteiger partial charge in [0, 0.05) is 5.56 Å². The number of para-hydroxylation sites is 2. The Bertz CT molecular complexity index is 734. The van der Waals surface area contributed by atoms with E-state index in [4.69, 9.17) is 9.47 Å². The van der Waals surface area contributed by atoms with E-state index >= 15 is 0 Å². The third-order valence-corrected chi connectivity index (χ3v) is 3.36. The molecule has 1 heterocycles. The molecule has 1 aromatic heterocycles. The van der Waals surface area contributed by atoms with Crippen LogP contribution in [-0.2, 0) is 6.54 Å². The maximum atomic E-state index is 5.42. The standard InChI is InChI=1S/C16H16N2O2/c1-19-13-7-8-16(20-2)12(9-13)10-18-11-17-14-5-3-4-6-15(14)18/h3-9,11H,10H2,1-2H3. The van der Waals surface area contributed by atoms with Crippen LogP contribution in [0.15, 0.2) is 48.8 Å². The average Bonchev–Trinajstić information content (AvgIpc) is 2.90. The number of rotatable bonds is 4. The van der Waals surface area contributed by atoms with Gasteiger partial charge in [0.05, 0.1) is 38.1 Å². The second-order valence-corrected chi connectivity index (χ2v) is 4.54. The van der Waals surface area contributed by atoms with Crippen molar-refractivity contribution in [3.63, 3.8) is 0 Å². The molecule has 0 aliphatic heterocycles. The highest BCUT2D eigenvalue weighted by Gasteiger charge is 2.08. The first-order valence-corrected chi connectivity index (χ1v) is 6.42. The third kappa shape index (κ3) is 2.20. The predicted molar refractivity (Wildman–Crippen MR) is 78.4 cm³/mol. The van der Waals surface area contributed by atoms with Gasteiger partial charge in [0.25, 0.3) is 0 Å². The molecule has 0 amide bonds. The molecule has 0 aliphatic rings. The van der Waals surface area contributed by atoms with Gasteiger partial charge in [-0.25, -0.2) is 4.98 Å². The van der Waals surface area contributed by atoms with E-state index in [1.807, 2.05) is 42.7 Å². The van der Waals surface area contributed by atoms with Crippen molar-refractivity contribution in [2.75, 3.05) is 14.2 Å². The molecular formula is C16H16N2O2. The number of methoxy groups -OCH3 is 2. The number of fused-ring (bicyclic) bond motifs is 1. The number of aromatic nitrogens is 2. The van der Waals surface area contributed by atoms with Gasteiger partial charge in [-0.1, -0.05) is 12.1 Å². The summed E-state index contributed by atoms with van der Waals surface area (Å²) < 4.78 is 12.8. The number of nitrogens with zero attached hydrogens (tertiary/aromatic N) is 2. The summed E-state index contributed by atoms with van der Waals surface area (Å²) in [4.78, 5) is 4.40. The van der Waals surface area contributed by atoms with Gasteiger partial charge in [-0.2, -0.15) is 0 Å². The second-order valence-electron chi connectivity index (χ2n) is 4.54. The summed E-state index contributed by atoms with van der Waals surface area (Å²) in [5, 5.41) is 0. The minimum atomic E-state index is 0.695. The van der Waals surface area contributed by atoms with Gasteiger partial charge in [-0.05, 0) is 30.3 Å². The van der Waals surface area contributed by atoms with E-state index in [-0.39, 0.29) is 0 Å². The van der Waals surface area contributed by atoms with Crippen LogP contribution in [0.2, 0.25) is 0 Å². The molecule has 0 unspecified atom stereocenters. The number of benzene rings is 2. The Hall–Kier alpha value is -2.49. The minimum Gasteiger partial charge on any atom is -0.497 e. The summed E-state index contributed by atoms with van der Waals surface area (Å²) in [6.45, 7) is 0.695. The first kappa shape index (κ1) is 12.5. The van der Waals surface area contributed by atoms with Crippen molar-refractivity contribution in [3.05, 3.63) is 54.4 Å². The van der Waals surface area contributed by atoms with Crippen LogP contribution in [-0.4, -0.2) is 23.8 Å². The fourth-order valence-electron chi connectivity index (χ4n) is 2.33. The van der Waals surface area contributed by atoms with E-state index in [0.29, 0.717) is 6.54 Å². The summed E-state index contributed by atoms with van der Waals surface area (Å²) in [5.41, 5.74) is 3.17. The van der Waals surface area contributed by atoms with Crippen LogP contribution in [0.5, 0.6) is 11.5 Å². The second kappa shape index (κ2) is 5.25. The summed E-state index contributed by atoms with van der Waals surface area (Å²) >= 11 is 0. The fraction of sp³-hybridized carbons (Fsp3) is 0.188. The lowest BCUT2D eigenvalue weighted by Crippen LogP contribution is -2.01. The van der Waals surface area contributed by atoms with Crippen LogP contribution in [0.25, 0.3) is 11.0 Å². The SMILES string of the molecule is COc1ccc(OC)c(Cn2cnc3ccccc32)c1. The lowest BCUT2D eigenvalue weighted by Gasteiger charge is -2.11. The molecule has 3 aromatic rings. The Morgan fingerprint density at radius 3 is 2.70 bits per heavy atom. The van der Waals surface area contributed by atoms with Gasteiger partial charge < -0.3 is 14.0 Å². The molecule has 20 heavy (non-hydrogen) atoms. The Morgan fingerprint density at radius 1 is 1.05 bits per heavy atom. The summed E-state index contributed by atoms with van der Waals surface area (Å²) in [7, 11) is 3.34. The predicted octanol–water partition coefficient (Wildman–Crippen LogP) is 3.10. The first-order chi connectivity index (χ1) is 9.81. The van der Waals surface area contributed by atoms with E-state index in [1.165, 1.54) is 0 Å². The summed E-state index contributed by atoms with van der Waals surface area (Å²) in [5.74, 6) is 1.67. The molecule has 0 saturated carbocycles. The van der Waals surface area contributed by atoms with E-state index in [1.54, 1.807) is 14.2 Å². The molecule has 0 bridgehead atoms. The number of imidazole rings is 1. The molecule has 102 valence electrons. The monoisotopic (exact) mass is 268 g/mol. The Balaban J connectivity index is 2.01. The molecule has 4 heteroatoms. The maximum Gasteiger partial charge on any atom is 0.124 e. The Labute approximate surface area is 117 Å². The van der Waals surface area contributed by atoms with Gasteiger partial charge >= 0.3 is 0 Å². The number of ether oxygens (including phenoxy) is 2. The minimum absolute atomic E-state index is 0.695. The van der Waals surface area contributed by atoms with E-state index < -0.39 is 0 Å². The van der Waals surface area contributed by atoms with Gasteiger partial charge in [0.2, 0.25) is 0 Å². The van der Waals surface area contributed by atoms with Gasteiger partial charge in [0.15, 0.2) is 0 Å². The lowest BCUT2D eigenvalue weighted by molar-refractivity contribution is 0.398. The highest BCUT2D eigenvalue weighted by atomic mass is 16.5. The topological polar surface area (TPSA) is 36.3 Å². The molecule has 0 saturated heterocycles. The quantitative estimate of drug-likeness (QED) is 0.729. The van der Waals surface area contributed by atoms with Crippen LogP contribution in [0.4, 0.5) is 0 Å². The van der Waals surface area contributed by atoms with Crippen LogP contribution in [0.3, 0.4) is 0 Å². The molecule has 0 aliphatic carbocycles. The Kier molecular flexibility index (Phi) is 3.29. The molecule has 0 radical (unpaired) electrons. The van der Waals surface area contributed by atoms with Crippen molar-refractivity contribution >= 4 is 11.0 Å². The number of hydrogen-bond donors (Lipinski definition) is 0. The third-order valence-electron chi connectivity index (χ3n) is 3.36. The van der Waals surface area contributed by atoms with E-state index in [0.717, 1.165) is 28.1 Å². The van der Waals surface area contributed by atoms with Crippen molar-refractivity contribution < 1.29 is 9.47 Å². The molecule has 0 N–H and O–H groups in total. The largest absolute Gasteiger partial charge is 0.497 e. The lowest BCUT2D eigenvalue weighted by atomic mass is 10.2. The molecule has 4 nitrogen and oxygen atoms in total. The molecule has 0 fully saturated rings.